The SMILES string of the molecule is Cl.ClC(Cl)Cl.Nc1ccc(/N=N/c2ccccc2)c(N)n1. The highest BCUT2D eigenvalue weighted by Crippen LogP contribution is 2.23. The van der Waals surface area contributed by atoms with Crippen molar-refractivity contribution in [3.05, 3.63) is 42.5 Å². The number of anilines is 2. The Morgan fingerprint density at radius 3 is 2.00 bits per heavy atom. The summed E-state index contributed by atoms with van der Waals surface area (Å²) in [6.45, 7) is 0. The monoisotopic (exact) mass is 367 g/mol. The molecule has 0 radical (unpaired) electrons. The summed E-state index contributed by atoms with van der Waals surface area (Å²) >= 11 is 14.4. The third-order valence-electron chi connectivity index (χ3n) is 1.95. The predicted molar refractivity (Wildman–Crippen MR) is 92.3 cm³/mol. The molecule has 1 aromatic carbocycles. The molecule has 0 aliphatic heterocycles. The van der Waals surface area contributed by atoms with Crippen LogP contribution in [0.1, 0.15) is 0 Å². The van der Waals surface area contributed by atoms with E-state index in [2.05, 4.69) is 15.2 Å². The van der Waals surface area contributed by atoms with Gasteiger partial charge >= 0.3 is 0 Å². The lowest BCUT2D eigenvalue weighted by molar-refractivity contribution is 1.21. The molecule has 4 N–H and O–H groups in total. The zero-order chi connectivity index (χ0) is 15.0. The highest BCUT2D eigenvalue weighted by atomic mass is 35.6. The van der Waals surface area contributed by atoms with E-state index < -0.39 is 4.30 Å². The lowest BCUT2D eigenvalue weighted by atomic mass is 10.3. The first-order chi connectivity index (χ1) is 9.49. The van der Waals surface area contributed by atoms with E-state index in [-0.39, 0.29) is 18.2 Å². The van der Waals surface area contributed by atoms with Crippen molar-refractivity contribution in [2.75, 3.05) is 11.5 Å². The minimum Gasteiger partial charge on any atom is -0.384 e. The third kappa shape index (κ3) is 8.57. The average molecular weight is 369 g/mol. The highest BCUT2D eigenvalue weighted by molar-refractivity contribution is 6.63. The van der Waals surface area contributed by atoms with E-state index in [1.54, 1.807) is 12.1 Å². The Balaban J connectivity index is 0.000000715. The number of nitrogen functional groups attached to an aromatic ring is 2. The summed E-state index contributed by atoms with van der Waals surface area (Å²) < 4.78 is -0.750. The van der Waals surface area contributed by atoms with E-state index in [0.717, 1.165) is 5.69 Å². The van der Waals surface area contributed by atoms with Crippen molar-refractivity contribution in [2.24, 2.45) is 10.2 Å². The first-order valence-electron chi connectivity index (χ1n) is 5.40. The fourth-order valence-electron chi connectivity index (χ4n) is 1.17. The van der Waals surface area contributed by atoms with Crippen LogP contribution in [0.3, 0.4) is 0 Å². The van der Waals surface area contributed by atoms with Gasteiger partial charge in [-0.2, -0.15) is 5.11 Å². The van der Waals surface area contributed by atoms with Gasteiger partial charge in [0.25, 0.3) is 0 Å². The Hall–Kier alpha value is -1.27. The molecule has 1 heterocycles. The van der Waals surface area contributed by atoms with E-state index in [1.807, 2.05) is 30.3 Å². The number of nitrogens with zero attached hydrogens (tertiary/aromatic N) is 3. The van der Waals surface area contributed by atoms with Crippen molar-refractivity contribution in [2.45, 2.75) is 4.30 Å². The van der Waals surface area contributed by atoms with Crippen molar-refractivity contribution in [3.8, 4) is 0 Å². The zero-order valence-electron chi connectivity index (χ0n) is 10.7. The standard InChI is InChI=1S/C11H11N5.CHCl3.ClH/c12-10-7-6-9(11(13)14-10)16-15-8-4-2-1-3-5-8;2-1(3)4;/h1-7H,(H4,12,13,14);1H;1H/b16-15+;;. The molecular formula is C12H13Cl4N5. The molecule has 1 aromatic heterocycles. The number of hydrogen-bond donors (Lipinski definition) is 2. The average Bonchev–Trinajstić information content (AvgIpc) is 2.38. The Morgan fingerprint density at radius 2 is 1.48 bits per heavy atom. The Morgan fingerprint density at radius 1 is 0.905 bits per heavy atom. The fourth-order valence-corrected chi connectivity index (χ4v) is 1.17. The van der Waals surface area contributed by atoms with Crippen LogP contribution >= 0.6 is 47.2 Å². The predicted octanol–water partition coefficient (Wildman–Crippen LogP) is 5.07. The molecular weight excluding hydrogens is 356 g/mol. The van der Waals surface area contributed by atoms with E-state index in [0.29, 0.717) is 11.5 Å². The normalized spacial score (nSPS) is 9.90. The van der Waals surface area contributed by atoms with Gasteiger partial charge < -0.3 is 11.5 Å². The Kier molecular flexibility index (Phi) is 9.82. The maximum Gasteiger partial charge on any atom is 0.180 e. The van der Waals surface area contributed by atoms with E-state index in [4.69, 9.17) is 46.3 Å². The maximum absolute atomic E-state index is 5.64. The summed E-state index contributed by atoms with van der Waals surface area (Å²) in [4.78, 5) is 3.89. The van der Waals surface area contributed by atoms with Gasteiger partial charge in [0.2, 0.25) is 0 Å². The van der Waals surface area contributed by atoms with Crippen LogP contribution in [-0.2, 0) is 0 Å². The van der Waals surface area contributed by atoms with Crippen molar-refractivity contribution in [1.29, 1.82) is 0 Å². The van der Waals surface area contributed by atoms with Crippen LogP contribution in [0.4, 0.5) is 23.0 Å². The van der Waals surface area contributed by atoms with Crippen molar-refractivity contribution < 1.29 is 0 Å². The molecule has 0 saturated heterocycles. The van der Waals surface area contributed by atoms with Crippen LogP contribution in [0.2, 0.25) is 0 Å². The largest absolute Gasteiger partial charge is 0.384 e. The molecule has 0 atom stereocenters. The van der Waals surface area contributed by atoms with E-state index in [1.165, 1.54) is 0 Å². The Bertz CT molecular complexity index is 560. The van der Waals surface area contributed by atoms with Gasteiger partial charge in [-0.05, 0) is 24.3 Å². The molecule has 0 saturated carbocycles. The summed E-state index contributed by atoms with van der Waals surface area (Å²) in [6.07, 6.45) is 0. The van der Waals surface area contributed by atoms with Crippen LogP contribution in [0.15, 0.2) is 52.7 Å². The number of pyridine rings is 1. The molecule has 0 unspecified atom stereocenters. The number of rotatable bonds is 2. The summed E-state index contributed by atoms with van der Waals surface area (Å²) in [5.74, 6) is 0.649. The summed E-state index contributed by atoms with van der Waals surface area (Å²) in [5, 5.41) is 8.03. The molecule has 0 bridgehead atoms. The first-order valence-corrected chi connectivity index (χ1v) is 6.71. The molecule has 0 amide bonds. The van der Waals surface area contributed by atoms with Gasteiger partial charge in [-0.1, -0.05) is 53.0 Å². The molecule has 0 fully saturated rings. The second-order valence-electron chi connectivity index (χ2n) is 3.42. The number of hydrogen-bond acceptors (Lipinski definition) is 5. The van der Waals surface area contributed by atoms with Crippen molar-refractivity contribution >= 4 is 70.2 Å². The van der Waals surface area contributed by atoms with Gasteiger partial charge in [-0.25, -0.2) is 4.98 Å². The molecule has 2 rings (SSSR count). The number of benzene rings is 1. The van der Waals surface area contributed by atoms with Gasteiger partial charge in [0.15, 0.2) is 10.1 Å². The molecule has 0 spiro atoms. The minimum atomic E-state index is -0.750. The van der Waals surface area contributed by atoms with Crippen molar-refractivity contribution in [1.82, 2.24) is 4.98 Å². The van der Waals surface area contributed by atoms with Crippen molar-refractivity contribution in [3.63, 3.8) is 0 Å². The molecule has 0 aliphatic carbocycles. The van der Waals surface area contributed by atoms with Crippen LogP contribution in [0, 0.1) is 0 Å². The number of azo groups is 1. The third-order valence-corrected chi connectivity index (χ3v) is 1.95. The van der Waals surface area contributed by atoms with Gasteiger partial charge in [-0.15, -0.1) is 17.5 Å². The summed E-state index contributed by atoms with van der Waals surface area (Å²) in [5.41, 5.74) is 12.4. The van der Waals surface area contributed by atoms with Crippen LogP contribution in [0.25, 0.3) is 0 Å². The summed E-state index contributed by atoms with van der Waals surface area (Å²) in [7, 11) is 0. The number of aromatic nitrogens is 1. The minimum absolute atomic E-state index is 0. The van der Waals surface area contributed by atoms with Gasteiger partial charge in [0.1, 0.15) is 11.5 Å². The fraction of sp³-hybridized carbons (Fsp3) is 0.0833. The molecule has 21 heavy (non-hydrogen) atoms. The molecule has 9 heteroatoms. The second-order valence-corrected chi connectivity index (χ2v) is 5.40. The van der Waals surface area contributed by atoms with Crippen LogP contribution in [-0.4, -0.2) is 9.28 Å². The molecule has 2 aromatic rings. The highest BCUT2D eigenvalue weighted by Gasteiger charge is 1.98. The Labute approximate surface area is 143 Å². The number of halogens is 4. The second kappa shape index (κ2) is 10.5. The molecule has 5 nitrogen and oxygen atoms in total. The first kappa shape index (κ1) is 19.7. The van der Waals surface area contributed by atoms with Crippen LogP contribution < -0.4 is 11.5 Å². The molecule has 114 valence electrons. The van der Waals surface area contributed by atoms with E-state index >= 15 is 0 Å². The number of alkyl halides is 3. The maximum atomic E-state index is 5.64. The van der Waals surface area contributed by atoms with Crippen LogP contribution in [0.5, 0.6) is 0 Å². The van der Waals surface area contributed by atoms with Gasteiger partial charge in [0.05, 0.1) is 5.69 Å². The number of nitrogens with two attached hydrogens (primary N) is 2. The zero-order valence-corrected chi connectivity index (χ0v) is 13.7. The quantitative estimate of drug-likeness (QED) is 0.572. The lowest BCUT2D eigenvalue weighted by Crippen LogP contribution is -1.95. The smallest absolute Gasteiger partial charge is 0.180 e. The summed E-state index contributed by atoms with van der Waals surface area (Å²) in [6, 6.07) is 12.7. The van der Waals surface area contributed by atoms with Gasteiger partial charge in [0, 0.05) is 0 Å². The van der Waals surface area contributed by atoms with E-state index in [9.17, 15) is 0 Å². The van der Waals surface area contributed by atoms with Gasteiger partial charge in [-0.3, -0.25) is 0 Å². The lowest BCUT2D eigenvalue weighted by Gasteiger charge is -1.98. The topological polar surface area (TPSA) is 89.6 Å². The molecule has 0 aliphatic rings.